The van der Waals surface area contributed by atoms with Crippen LogP contribution in [0.15, 0.2) is 0 Å². The Morgan fingerprint density at radius 2 is 1.71 bits per heavy atom. The third-order valence-electron chi connectivity index (χ3n) is 3.97. The summed E-state index contributed by atoms with van der Waals surface area (Å²) in [6.45, 7) is 4.66. The first kappa shape index (κ1) is 12.2. The molecule has 2 saturated heterocycles. The first-order chi connectivity index (χ1) is 8.03. The smallest absolute Gasteiger partial charge is 0.320 e. The number of amides is 3. The topological polar surface area (TPSA) is 66.6 Å². The molecule has 2 heterocycles. The highest BCUT2D eigenvalue weighted by Gasteiger charge is 2.41. The molecule has 17 heavy (non-hydrogen) atoms. The lowest BCUT2D eigenvalue weighted by Gasteiger charge is -2.31. The molecule has 0 radical (unpaired) electrons. The summed E-state index contributed by atoms with van der Waals surface area (Å²) in [4.78, 5) is 27.2. The van der Waals surface area contributed by atoms with Gasteiger partial charge in [0.05, 0.1) is 5.41 Å². The number of nitrogens with zero attached hydrogens (tertiary/aromatic N) is 2. The number of primary amides is 1. The number of hydrogen-bond acceptors (Lipinski definition) is 2. The van der Waals surface area contributed by atoms with E-state index in [2.05, 4.69) is 0 Å². The molecule has 0 aromatic rings. The number of urea groups is 1. The summed E-state index contributed by atoms with van der Waals surface area (Å²) in [5, 5.41) is 0. The van der Waals surface area contributed by atoms with Gasteiger partial charge in [0.2, 0.25) is 5.91 Å². The van der Waals surface area contributed by atoms with E-state index in [4.69, 9.17) is 5.73 Å². The zero-order valence-corrected chi connectivity index (χ0v) is 10.4. The van der Waals surface area contributed by atoms with Gasteiger partial charge < -0.3 is 15.5 Å². The molecule has 96 valence electrons. The fraction of sp³-hybridized carbons (Fsp3) is 0.833. The molecule has 2 fully saturated rings. The second kappa shape index (κ2) is 4.55. The molecular weight excluding hydrogens is 218 g/mol. The second-order valence-corrected chi connectivity index (χ2v) is 5.43. The summed E-state index contributed by atoms with van der Waals surface area (Å²) in [6, 6.07) is 0.0784. The van der Waals surface area contributed by atoms with Crippen LogP contribution < -0.4 is 5.73 Å². The van der Waals surface area contributed by atoms with Crippen molar-refractivity contribution < 1.29 is 9.59 Å². The summed E-state index contributed by atoms with van der Waals surface area (Å²) >= 11 is 0. The molecule has 0 aliphatic carbocycles. The fourth-order valence-corrected chi connectivity index (χ4v) is 2.61. The van der Waals surface area contributed by atoms with Crippen LogP contribution in [0.25, 0.3) is 0 Å². The van der Waals surface area contributed by atoms with Gasteiger partial charge in [-0.25, -0.2) is 4.79 Å². The van der Waals surface area contributed by atoms with Gasteiger partial charge in [-0.2, -0.15) is 0 Å². The van der Waals surface area contributed by atoms with E-state index in [9.17, 15) is 9.59 Å². The van der Waals surface area contributed by atoms with Gasteiger partial charge in [-0.3, -0.25) is 4.79 Å². The van der Waals surface area contributed by atoms with E-state index in [1.54, 1.807) is 4.90 Å². The molecule has 2 rings (SSSR count). The summed E-state index contributed by atoms with van der Waals surface area (Å²) in [7, 11) is 0. The molecule has 2 N–H and O–H groups in total. The summed E-state index contributed by atoms with van der Waals surface area (Å²) in [5.74, 6) is -0.300. The minimum Gasteiger partial charge on any atom is -0.369 e. The summed E-state index contributed by atoms with van der Waals surface area (Å²) < 4.78 is 0. The number of piperidine rings is 1. The Morgan fingerprint density at radius 1 is 1.06 bits per heavy atom. The zero-order valence-electron chi connectivity index (χ0n) is 10.4. The van der Waals surface area contributed by atoms with Crippen LogP contribution in [0.1, 0.15) is 32.6 Å². The maximum absolute atomic E-state index is 12.2. The lowest BCUT2D eigenvalue weighted by atomic mass is 9.89. The molecule has 5 heteroatoms. The molecule has 0 saturated carbocycles. The van der Waals surface area contributed by atoms with Gasteiger partial charge in [0.15, 0.2) is 0 Å². The number of rotatable bonds is 1. The molecular formula is C12H21N3O2. The van der Waals surface area contributed by atoms with Crippen LogP contribution in [0, 0.1) is 5.41 Å². The van der Waals surface area contributed by atoms with Crippen molar-refractivity contribution >= 4 is 11.9 Å². The molecule has 1 unspecified atom stereocenters. The van der Waals surface area contributed by atoms with E-state index in [-0.39, 0.29) is 11.9 Å². The van der Waals surface area contributed by atoms with Crippen molar-refractivity contribution in [2.45, 2.75) is 32.6 Å². The van der Waals surface area contributed by atoms with E-state index in [1.165, 1.54) is 6.42 Å². The zero-order chi connectivity index (χ0) is 12.5. The second-order valence-electron chi connectivity index (χ2n) is 5.43. The normalized spacial score (nSPS) is 29.5. The highest BCUT2D eigenvalue weighted by Crippen LogP contribution is 2.30. The maximum Gasteiger partial charge on any atom is 0.320 e. The predicted molar refractivity (Wildman–Crippen MR) is 64.3 cm³/mol. The van der Waals surface area contributed by atoms with Crippen LogP contribution in [0.4, 0.5) is 4.79 Å². The van der Waals surface area contributed by atoms with Gasteiger partial charge >= 0.3 is 6.03 Å². The minimum atomic E-state index is -0.536. The van der Waals surface area contributed by atoms with Crippen LogP contribution >= 0.6 is 0 Å². The number of likely N-dealkylation sites (tertiary alicyclic amines) is 2. The Balaban J connectivity index is 1.95. The highest BCUT2D eigenvalue weighted by atomic mass is 16.2. The third kappa shape index (κ3) is 2.37. The van der Waals surface area contributed by atoms with Gasteiger partial charge in [0.25, 0.3) is 0 Å². The highest BCUT2D eigenvalue weighted by molar-refractivity contribution is 5.83. The first-order valence-corrected chi connectivity index (χ1v) is 6.37. The largest absolute Gasteiger partial charge is 0.369 e. The van der Waals surface area contributed by atoms with Crippen molar-refractivity contribution in [2.75, 3.05) is 26.2 Å². The van der Waals surface area contributed by atoms with Crippen molar-refractivity contribution in [3.63, 3.8) is 0 Å². The van der Waals surface area contributed by atoms with Gasteiger partial charge in [-0.15, -0.1) is 0 Å². The predicted octanol–water partition coefficient (Wildman–Crippen LogP) is 0.790. The molecule has 0 aromatic carbocycles. The van der Waals surface area contributed by atoms with E-state index in [0.717, 1.165) is 25.9 Å². The fourth-order valence-electron chi connectivity index (χ4n) is 2.61. The van der Waals surface area contributed by atoms with Crippen molar-refractivity contribution in [1.82, 2.24) is 9.80 Å². The third-order valence-corrected chi connectivity index (χ3v) is 3.97. The summed E-state index contributed by atoms with van der Waals surface area (Å²) in [6.07, 6.45) is 4.07. The molecule has 5 nitrogen and oxygen atoms in total. The molecule has 0 spiro atoms. The van der Waals surface area contributed by atoms with Gasteiger partial charge in [-0.05, 0) is 32.6 Å². The van der Waals surface area contributed by atoms with Crippen molar-refractivity contribution in [3.05, 3.63) is 0 Å². The van der Waals surface area contributed by atoms with Crippen LogP contribution in [-0.4, -0.2) is 47.9 Å². The standard InChI is InChI=1S/C12H21N3O2/c1-12(10(13)16)5-8-15(9-12)11(17)14-6-3-2-4-7-14/h2-9H2,1H3,(H2,13,16). The Hall–Kier alpha value is -1.26. The maximum atomic E-state index is 12.2. The molecule has 2 aliphatic heterocycles. The van der Waals surface area contributed by atoms with Gasteiger partial charge in [0.1, 0.15) is 0 Å². The van der Waals surface area contributed by atoms with E-state index >= 15 is 0 Å². The Bertz CT molecular complexity index is 326. The van der Waals surface area contributed by atoms with Crippen molar-refractivity contribution in [2.24, 2.45) is 11.1 Å². The van der Waals surface area contributed by atoms with Crippen molar-refractivity contribution in [3.8, 4) is 0 Å². The summed E-state index contributed by atoms with van der Waals surface area (Å²) in [5.41, 5.74) is 4.85. The Kier molecular flexibility index (Phi) is 3.26. The molecule has 0 bridgehead atoms. The van der Waals surface area contributed by atoms with E-state index in [1.807, 2.05) is 11.8 Å². The molecule has 1 atom stereocenters. The first-order valence-electron chi connectivity index (χ1n) is 6.37. The van der Waals surface area contributed by atoms with E-state index < -0.39 is 5.41 Å². The van der Waals surface area contributed by atoms with Gasteiger partial charge in [-0.1, -0.05) is 0 Å². The number of carbonyl (C=O) groups excluding carboxylic acids is 2. The van der Waals surface area contributed by atoms with Crippen molar-refractivity contribution in [1.29, 1.82) is 0 Å². The van der Waals surface area contributed by atoms with E-state index in [0.29, 0.717) is 19.5 Å². The van der Waals surface area contributed by atoms with Crippen LogP contribution in [0.5, 0.6) is 0 Å². The molecule has 2 aliphatic rings. The number of nitrogens with two attached hydrogens (primary N) is 1. The minimum absolute atomic E-state index is 0.0784. The monoisotopic (exact) mass is 239 g/mol. The van der Waals surface area contributed by atoms with Crippen LogP contribution in [0.2, 0.25) is 0 Å². The Morgan fingerprint density at radius 3 is 2.24 bits per heavy atom. The number of hydrogen-bond donors (Lipinski definition) is 1. The average Bonchev–Trinajstić information content (AvgIpc) is 2.74. The average molecular weight is 239 g/mol. The number of carbonyl (C=O) groups is 2. The quantitative estimate of drug-likeness (QED) is 0.735. The molecule has 0 aromatic heterocycles. The van der Waals surface area contributed by atoms with Crippen LogP contribution in [-0.2, 0) is 4.79 Å². The SMILES string of the molecule is CC1(C(N)=O)CCN(C(=O)N2CCCCC2)C1. The lowest BCUT2D eigenvalue weighted by Crippen LogP contribution is -2.46. The van der Waals surface area contributed by atoms with Crippen LogP contribution in [0.3, 0.4) is 0 Å². The lowest BCUT2D eigenvalue weighted by molar-refractivity contribution is -0.126. The molecule has 3 amide bonds. The van der Waals surface area contributed by atoms with Gasteiger partial charge in [0, 0.05) is 26.2 Å². The Labute approximate surface area is 102 Å².